The van der Waals surface area contributed by atoms with Crippen LogP contribution in [0.25, 0.3) is 0 Å². The van der Waals surface area contributed by atoms with Crippen molar-refractivity contribution < 1.29 is 22.4 Å². The zero-order chi connectivity index (χ0) is 19.3. The quantitative estimate of drug-likeness (QED) is 0.762. The van der Waals surface area contributed by atoms with E-state index in [2.05, 4.69) is 10.6 Å². The summed E-state index contributed by atoms with van der Waals surface area (Å²) >= 11 is 0. The van der Waals surface area contributed by atoms with Crippen LogP contribution in [-0.4, -0.2) is 68.3 Å². The lowest BCUT2D eigenvalue weighted by Crippen LogP contribution is -2.56. The number of amides is 3. The largest absolute Gasteiger partial charge is 0.338 e. The van der Waals surface area contributed by atoms with Crippen molar-refractivity contribution in [3.05, 3.63) is 30.1 Å². The Morgan fingerprint density at radius 2 is 1.81 bits per heavy atom. The SMILES string of the molecule is CCNC(=O)NC(=O)C(C)N1CCN(S(=O)(=O)c2ccccc2F)CC1. The molecular weight excluding hydrogens is 363 g/mol. The second-order valence-electron chi connectivity index (χ2n) is 5.90. The van der Waals surface area contributed by atoms with Gasteiger partial charge in [-0.2, -0.15) is 4.31 Å². The Morgan fingerprint density at radius 3 is 2.38 bits per heavy atom. The number of piperazine rings is 1. The lowest BCUT2D eigenvalue weighted by Gasteiger charge is -2.36. The second-order valence-corrected chi connectivity index (χ2v) is 7.80. The number of halogens is 1. The fourth-order valence-corrected chi connectivity index (χ4v) is 4.20. The smallest absolute Gasteiger partial charge is 0.321 e. The van der Waals surface area contributed by atoms with Crippen LogP contribution in [0.1, 0.15) is 13.8 Å². The highest BCUT2D eigenvalue weighted by Crippen LogP contribution is 2.20. The number of nitrogens with zero attached hydrogens (tertiary/aromatic N) is 2. The van der Waals surface area contributed by atoms with E-state index in [1.54, 1.807) is 18.7 Å². The summed E-state index contributed by atoms with van der Waals surface area (Å²) in [5.74, 6) is -1.24. The highest BCUT2D eigenvalue weighted by atomic mass is 32.2. The maximum Gasteiger partial charge on any atom is 0.321 e. The van der Waals surface area contributed by atoms with Crippen LogP contribution in [0.15, 0.2) is 29.2 Å². The van der Waals surface area contributed by atoms with E-state index < -0.39 is 33.8 Å². The topological polar surface area (TPSA) is 98.8 Å². The lowest BCUT2D eigenvalue weighted by atomic mass is 10.2. The fraction of sp³-hybridized carbons (Fsp3) is 0.500. The van der Waals surface area contributed by atoms with Crippen molar-refractivity contribution in [3.8, 4) is 0 Å². The Morgan fingerprint density at radius 1 is 1.19 bits per heavy atom. The van der Waals surface area contributed by atoms with Gasteiger partial charge in [-0.3, -0.25) is 15.0 Å². The molecule has 1 aromatic rings. The molecule has 0 radical (unpaired) electrons. The molecule has 0 spiro atoms. The third-order valence-electron chi connectivity index (χ3n) is 4.23. The zero-order valence-electron chi connectivity index (χ0n) is 14.7. The Bertz CT molecular complexity index is 763. The van der Waals surface area contributed by atoms with Crippen LogP contribution in [-0.2, 0) is 14.8 Å². The monoisotopic (exact) mass is 386 g/mol. The summed E-state index contributed by atoms with van der Waals surface area (Å²) in [7, 11) is -3.92. The maximum absolute atomic E-state index is 13.8. The Kier molecular flexibility index (Phi) is 6.68. The second kappa shape index (κ2) is 8.56. The van der Waals surface area contributed by atoms with Gasteiger partial charge in [0.1, 0.15) is 10.7 Å². The molecule has 1 atom stereocenters. The summed E-state index contributed by atoms with van der Waals surface area (Å²) < 4.78 is 40.2. The number of carbonyl (C=O) groups excluding carboxylic acids is 2. The minimum atomic E-state index is -3.92. The normalized spacial score (nSPS) is 17.5. The van der Waals surface area contributed by atoms with Crippen molar-refractivity contribution in [2.45, 2.75) is 24.8 Å². The first-order valence-electron chi connectivity index (χ1n) is 8.34. The predicted molar refractivity (Wildman–Crippen MR) is 93.4 cm³/mol. The molecule has 0 aliphatic carbocycles. The van der Waals surface area contributed by atoms with Gasteiger partial charge < -0.3 is 5.32 Å². The molecule has 3 amide bonds. The van der Waals surface area contributed by atoms with E-state index in [1.165, 1.54) is 22.5 Å². The summed E-state index contributed by atoms with van der Waals surface area (Å²) in [5.41, 5.74) is 0. The molecule has 26 heavy (non-hydrogen) atoms. The van der Waals surface area contributed by atoms with Gasteiger partial charge in [0.25, 0.3) is 0 Å². The highest BCUT2D eigenvalue weighted by Gasteiger charge is 2.33. The van der Waals surface area contributed by atoms with Crippen LogP contribution in [0.5, 0.6) is 0 Å². The van der Waals surface area contributed by atoms with Crippen molar-refractivity contribution in [1.29, 1.82) is 0 Å². The molecule has 0 saturated carbocycles. The Balaban J connectivity index is 1.97. The first kappa shape index (κ1) is 20.3. The number of hydrogen-bond acceptors (Lipinski definition) is 5. The van der Waals surface area contributed by atoms with E-state index in [1.807, 2.05) is 0 Å². The minimum absolute atomic E-state index is 0.134. The number of rotatable bonds is 5. The van der Waals surface area contributed by atoms with Crippen LogP contribution in [0, 0.1) is 5.82 Å². The highest BCUT2D eigenvalue weighted by molar-refractivity contribution is 7.89. The van der Waals surface area contributed by atoms with Gasteiger partial charge in [0, 0.05) is 32.7 Å². The number of imide groups is 1. The average molecular weight is 386 g/mol. The Labute approximate surface area is 152 Å². The predicted octanol–water partition coefficient (Wildman–Crippen LogP) is 0.366. The molecule has 2 rings (SSSR count). The van der Waals surface area contributed by atoms with E-state index in [0.29, 0.717) is 19.6 Å². The number of urea groups is 1. The molecule has 0 bridgehead atoms. The van der Waals surface area contributed by atoms with Crippen LogP contribution in [0.2, 0.25) is 0 Å². The van der Waals surface area contributed by atoms with Gasteiger partial charge in [0.05, 0.1) is 6.04 Å². The molecule has 10 heteroatoms. The number of nitrogens with one attached hydrogen (secondary N) is 2. The zero-order valence-corrected chi connectivity index (χ0v) is 15.6. The van der Waals surface area contributed by atoms with Crippen molar-refractivity contribution in [2.75, 3.05) is 32.7 Å². The minimum Gasteiger partial charge on any atom is -0.338 e. The van der Waals surface area contributed by atoms with Crippen LogP contribution in [0.3, 0.4) is 0 Å². The lowest BCUT2D eigenvalue weighted by molar-refractivity contribution is -0.125. The molecule has 2 N–H and O–H groups in total. The summed E-state index contributed by atoms with van der Waals surface area (Å²) in [6.45, 7) is 4.67. The molecule has 144 valence electrons. The third kappa shape index (κ3) is 4.57. The summed E-state index contributed by atoms with van der Waals surface area (Å²) in [5, 5.41) is 4.71. The fourth-order valence-electron chi connectivity index (χ4n) is 2.71. The summed E-state index contributed by atoms with van der Waals surface area (Å²) in [6.07, 6.45) is 0. The third-order valence-corrected chi connectivity index (χ3v) is 6.16. The Hall–Kier alpha value is -2.04. The van der Waals surface area contributed by atoms with Gasteiger partial charge >= 0.3 is 6.03 Å². The average Bonchev–Trinajstić information content (AvgIpc) is 2.61. The molecule has 1 aromatic carbocycles. The summed E-state index contributed by atoms with van der Waals surface area (Å²) in [6, 6.07) is 4.10. The van der Waals surface area contributed by atoms with Gasteiger partial charge in [0.15, 0.2) is 0 Å². The van der Waals surface area contributed by atoms with E-state index >= 15 is 0 Å². The van der Waals surface area contributed by atoms with Crippen molar-refractivity contribution in [2.24, 2.45) is 0 Å². The van der Waals surface area contributed by atoms with E-state index in [-0.39, 0.29) is 18.0 Å². The first-order valence-corrected chi connectivity index (χ1v) is 9.78. The number of sulfonamides is 1. The van der Waals surface area contributed by atoms with E-state index in [0.717, 1.165) is 6.07 Å². The van der Waals surface area contributed by atoms with Crippen LogP contribution in [0.4, 0.5) is 9.18 Å². The number of benzene rings is 1. The standard InChI is InChI=1S/C16H23FN4O4S/c1-3-18-16(23)19-15(22)12(2)20-8-10-21(11-9-20)26(24,25)14-7-5-4-6-13(14)17/h4-7,12H,3,8-11H2,1-2H3,(H2,18,19,22,23). The molecule has 1 heterocycles. The summed E-state index contributed by atoms with van der Waals surface area (Å²) in [4.78, 5) is 24.9. The first-order chi connectivity index (χ1) is 12.3. The van der Waals surface area contributed by atoms with E-state index in [9.17, 15) is 22.4 Å². The van der Waals surface area contributed by atoms with Gasteiger partial charge in [-0.15, -0.1) is 0 Å². The molecule has 1 saturated heterocycles. The van der Waals surface area contributed by atoms with Gasteiger partial charge in [-0.25, -0.2) is 17.6 Å². The molecule has 1 fully saturated rings. The van der Waals surface area contributed by atoms with Crippen molar-refractivity contribution in [3.63, 3.8) is 0 Å². The van der Waals surface area contributed by atoms with Crippen LogP contribution < -0.4 is 10.6 Å². The van der Waals surface area contributed by atoms with E-state index in [4.69, 9.17) is 0 Å². The van der Waals surface area contributed by atoms with Crippen molar-refractivity contribution >= 4 is 22.0 Å². The van der Waals surface area contributed by atoms with Gasteiger partial charge in [0.2, 0.25) is 15.9 Å². The van der Waals surface area contributed by atoms with Gasteiger partial charge in [-0.1, -0.05) is 12.1 Å². The molecule has 8 nitrogen and oxygen atoms in total. The molecule has 1 aliphatic heterocycles. The maximum atomic E-state index is 13.8. The van der Waals surface area contributed by atoms with Gasteiger partial charge in [-0.05, 0) is 26.0 Å². The molecule has 1 unspecified atom stereocenters. The van der Waals surface area contributed by atoms with Crippen LogP contribution >= 0.6 is 0 Å². The number of hydrogen-bond donors (Lipinski definition) is 2. The van der Waals surface area contributed by atoms with Crippen molar-refractivity contribution in [1.82, 2.24) is 19.8 Å². The number of carbonyl (C=O) groups is 2. The molecular formula is C16H23FN4O4S. The molecule has 0 aromatic heterocycles. The molecule has 1 aliphatic rings.